The number of amides is 1. The first-order valence-electron chi connectivity index (χ1n) is 8.37. The van der Waals surface area contributed by atoms with E-state index in [-0.39, 0.29) is 12.5 Å². The van der Waals surface area contributed by atoms with Crippen LogP contribution in [0.3, 0.4) is 0 Å². The van der Waals surface area contributed by atoms with E-state index in [1.165, 1.54) is 0 Å². The van der Waals surface area contributed by atoms with Gasteiger partial charge < -0.3 is 15.0 Å². The zero-order valence-corrected chi connectivity index (χ0v) is 15.9. The lowest BCUT2D eigenvalue weighted by Gasteiger charge is -2.17. The molecule has 0 radical (unpaired) electrons. The number of hydrogen-bond donors (Lipinski definition) is 2. The first-order valence-corrected chi connectivity index (χ1v) is 9.16. The Hall–Kier alpha value is -2.60. The number of nitrogens with one attached hydrogen (secondary N) is 2. The molecule has 3 rings (SSSR count). The summed E-state index contributed by atoms with van der Waals surface area (Å²) in [5, 5.41) is 3.83. The topological polar surface area (TPSA) is 71.2 Å². The van der Waals surface area contributed by atoms with Gasteiger partial charge >= 0.3 is 5.97 Å². The summed E-state index contributed by atoms with van der Waals surface area (Å²) in [5.41, 5.74) is 2.41. The number of halogens is 1. The number of H-pyrrole nitrogens is 1. The van der Waals surface area contributed by atoms with Crippen molar-refractivity contribution in [3.05, 3.63) is 70.3 Å². The average molecular weight is 415 g/mol. The molecule has 6 heteroatoms. The van der Waals surface area contributed by atoms with Gasteiger partial charge in [0.1, 0.15) is 6.04 Å². The lowest BCUT2D eigenvalue weighted by Crippen LogP contribution is -2.43. The van der Waals surface area contributed by atoms with Crippen molar-refractivity contribution in [2.24, 2.45) is 0 Å². The van der Waals surface area contributed by atoms with Crippen LogP contribution in [0.25, 0.3) is 10.9 Å². The third-order valence-corrected chi connectivity index (χ3v) is 4.79. The van der Waals surface area contributed by atoms with Crippen LogP contribution in [-0.2, 0) is 16.0 Å². The highest BCUT2D eigenvalue weighted by molar-refractivity contribution is 9.10. The number of carbonyl (C=O) groups excluding carboxylic acids is 2. The van der Waals surface area contributed by atoms with Gasteiger partial charge in [0.25, 0.3) is 5.91 Å². The largest absolute Gasteiger partial charge is 0.464 e. The van der Waals surface area contributed by atoms with E-state index in [4.69, 9.17) is 4.74 Å². The Bertz CT molecular complexity index is 935. The predicted octanol–water partition coefficient (Wildman–Crippen LogP) is 3.83. The molecule has 1 heterocycles. The maximum absolute atomic E-state index is 12.6. The zero-order valence-electron chi connectivity index (χ0n) is 14.3. The van der Waals surface area contributed by atoms with Crippen molar-refractivity contribution in [2.75, 3.05) is 6.61 Å². The molecule has 26 heavy (non-hydrogen) atoms. The third-order valence-electron chi connectivity index (χ3n) is 4.09. The number of fused-ring (bicyclic) bond motifs is 1. The number of aromatic amines is 1. The summed E-state index contributed by atoms with van der Waals surface area (Å²) in [5.74, 6) is -0.770. The Morgan fingerprint density at radius 1 is 1.15 bits per heavy atom. The molecular formula is C20H19BrN2O3. The van der Waals surface area contributed by atoms with Crippen LogP contribution in [0.2, 0.25) is 0 Å². The molecule has 0 bridgehead atoms. The van der Waals surface area contributed by atoms with Gasteiger partial charge in [-0.05, 0) is 46.6 Å². The molecular weight excluding hydrogens is 396 g/mol. The van der Waals surface area contributed by atoms with Gasteiger partial charge in [-0.15, -0.1) is 0 Å². The van der Waals surface area contributed by atoms with E-state index in [0.717, 1.165) is 16.5 Å². The van der Waals surface area contributed by atoms with Crippen LogP contribution in [0.4, 0.5) is 0 Å². The number of ether oxygens (including phenoxy) is 1. The Morgan fingerprint density at radius 2 is 1.88 bits per heavy atom. The highest BCUT2D eigenvalue weighted by Gasteiger charge is 2.25. The maximum Gasteiger partial charge on any atom is 0.328 e. The first-order chi connectivity index (χ1) is 12.6. The van der Waals surface area contributed by atoms with Crippen LogP contribution < -0.4 is 5.32 Å². The Kier molecular flexibility index (Phi) is 5.73. The second kappa shape index (κ2) is 8.19. The SMILES string of the molecule is CCOC(=O)[C@@H](Cc1c[nH]c2ccccc12)NC(=O)c1ccccc1Br. The molecule has 3 aromatic rings. The zero-order chi connectivity index (χ0) is 18.5. The number of para-hydroxylation sites is 1. The molecule has 2 N–H and O–H groups in total. The van der Waals surface area contributed by atoms with Gasteiger partial charge in [0.05, 0.1) is 12.2 Å². The molecule has 0 unspecified atom stereocenters. The molecule has 0 aliphatic heterocycles. The second-order valence-corrected chi connectivity index (χ2v) is 6.68. The summed E-state index contributed by atoms with van der Waals surface area (Å²) in [6, 6.07) is 14.2. The van der Waals surface area contributed by atoms with Gasteiger partial charge in [0.2, 0.25) is 0 Å². The fourth-order valence-corrected chi connectivity index (χ4v) is 3.30. The smallest absolute Gasteiger partial charge is 0.328 e. The normalized spacial score (nSPS) is 11.9. The van der Waals surface area contributed by atoms with E-state index in [1.54, 1.807) is 25.1 Å². The van der Waals surface area contributed by atoms with Crippen molar-refractivity contribution in [1.29, 1.82) is 0 Å². The highest BCUT2D eigenvalue weighted by atomic mass is 79.9. The minimum Gasteiger partial charge on any atom is -0.464 e. The van der Waals surface area contributed by atoms with E-state index < -0.39 is 12.0 Å². The quantitative estimate of drug-likeness (QED) is 0.601. The van der Waals surface area contributed by atoms with Crippen molar-refractivity contribution >= 4 is 38.7 Å². The molecule has 0 aliphatic carbocycles. The average Bonchev–Trinajstić information content (AvgIpc) is 3.05. The van der Waals surface area contributed by atoms with Gasteiger partial charge in [-0.25, -0.2) is 4.79 Å². The number of hydrogen-bond acceptors (Lipinski definition) is 3. The summed E-state index contributed by atoms with van der Waals surface area (Å²) in [6.45, 7) is 2.00. The summed E-state index contributed by atoms with van der Waals surface area (Å²) < 4.78 is 5.83. The van der Waals surface area contributed by atoms with Crippen LogP contribution >= 0.6 is 15.9 Å². The number of esters is 1. The molecule has 1 amide bonds. The molecule has 134 valence electrons. The lowest BCUT2D eigenvalue weighted by molar-refractivity contribution is -0.145. The third kappa shape index (κ3) is 3.96. The molecule has 0 fully saturated rings. The van der Waals surface area contributed by atoms with E-state index in [9.17, 15) is 9.59 Å². The fourth-order valence-electron chi connectivity index (χ4n) is 2.84. The van der Waals surface area contributed by atoms with Gasteiger partial charge in [-0.3, -0.25) is 4.79 Å². The summed E-state index contributed by atoms with van der Waals surface area (Å²) in [4.78, 5) is 28.2. The van der Waals surface area contributed by atoms with Gasteiger partial charge in [-0.2, -0.15) is 0 Å². The van der Waals surface area contributed by atoms with E-state index in [2.05, 4.69) is 26.2 Å². The summed E-state index contributed by atoms with van der Waals surface area (Å²) in [7, 11) is 0. The van der Waals surface area contributed by atoms with Crippen molar-refractivity contribution in [3.8, 4) is 0 Å². The van der Waals surface area contributed by atoms with Crippen LogP contribution in [0.1, 0.15) is 22.8 Å². The molecule has 1 atom stereocenters. The Balaban J connectivity index is 1.84. The van der Waals surface area contributed by atoms with E-state index >= 15 is 0 Å². The van der Waals surface area contributed by atoms with Crippen molar-refractivity contribution in [2.45, 2.75) is 19.4 Å². The van der Waals surface area contributed by atoms with Gasteiger partial charge in [0, 0.05) is 28.0 Å². The van der Waals surface area contributed by atoms with Crippen molar-refractivity contribution < 1.29 is 14.3 Å². The molecule has 5 nitrogen and oxygen atoms in total. The van der Waals surface area contributed by atoms with Gasteiger partial charge in [0.15, 0.2) is 0 Å². The Morgan fingerprint density at radius 3 is 2.65 bits per heavy atom. The molecule has 0 aliphatic rings. The first kappa shape index (κ1) is 18.2. The van der Waals surface area contributed by atoms with Crippen LogP contribution in [0.5, 0.6) is 0 Å². The van der Waals surface area contributed by atoms with E-state index in [1.807, 2.05) is 36.5 Å². The monoisotopic (exact) mass is 414 g/mol. The van der Waals surface area contributed by atoms with Crippen molar-refractivity contribution in [3.63, 3.8) is 0 Å². The van der Waals surface area contributed by atoms with Crippen LogP contribution in [0.15, 0.2) is 59.2 Å². The molecule has 1 aromatic heterocycles. The molecule has 0 spiro atoms. The molecule has 0 saturated heterocycles. The van der Waals surface area contributed by atoms with Crippen LogP contribution in [-0.4, -0.2) is 29.5 Å². The standard InChI is InChI=1S/C20H19BrN2O3/c1-2-26-20(25)18(23-19(24)15-8-3-5-9-16(15)21)11-13-12-22-17-10-6-4-7-14(13)17/h3-10,12,18,22H,2,11H2,1H3,(H,23,24)/t18-/m1/s1. The second-order valence-electron chi connectivity index (χ2n) is 5.82. The van der Waals surface area contributed by atoms with Crippen molar-refractivity contribution in [1.82, 2.24) is 10.3 Å². The predicted molar refractivity (Wildman–Crippen MR) is 104 cm³/mol. The highest BCUT2D eigenvalue weighted by Crippen LogP contribution is 2.20. The van der Waals surface area contributed by atoms with E-state index in [0.29, 0.717) is 16.5 Å². The molecule has 0 saturated carbocycles. The lowest BCUT2D eigenvalue weighted by atomic mass is 10.0. The number of aromatic nitrogens is 1. The summed E-state index contributed by atoms with van der Waals surface area (Å²) in [6.07, 6.45) is 2.21. The number of rotatable bonds is 6. The fraction of sp³-hybridized carbons (Fsp3) is 0.200. The van der Waals surface area contributed by atoms with Gasteiger partial charge in [-0.1, -0.05) is 30.3 Å². The van der Waals surface area contributed by atoms with Crippen LogP contribution in [0, 0.1) is 0 Å². The number of carbonyl (C=O) groups is 2. The number of benzene rings is 2. The molecule has 2 aromatic carbocycles. The summed E-state index contributed by atoms with van der Waals surface area (Å²) >= 11 is 3.37. The maximum atomic E-state index is 12.6. The minimum atomic E-state index is -0.770. The Labute approximate surface area is 159 Å². The minimum absolute atomic E-state index is 0.258.